The molecule has 0 unspecified atom stereocenters. The van der Waals surface area contributed by atoms with Gasteiger partial charge in [0.05, 0.1) is 6.54 Å². The van der Waals surface area contributed by atoms with E-state index in [0.29, 0.717) is 19.0 Å². The van der Waals surface area contributed by atoms with Crippen molar-refractivity contribution in [2.75, 3.05) is 44.2 Å². The Kier molecular flexibility index (Phi) is 6.71. The van der Waals surface area contributed by atoms with Gasteiger partial charge in [-0.1, -0.05) is 37.3 Å². The molecule has 1 saturated heterocycles. The number of phenols is 1. The number of nitrogens with one attached hydrogen (secondary N) is 1. The smallest absolute Gasteiger partial charge is 0.234 e. The van der Waals surface area contributed by atoms with E-state index in [1.54, 1.807) is 12.1 Å². The highest BCUT2D eigenvalue weighted by atomic mass is 16.3. The summed E-state index contributed by atoms with van der Waals surface area (Å²) < 4.78 is 0. The Balaban J connectivity index is 1.42. The lowest BCUT2D eigenvalue weighted by molar-refractivity contribution is -0.122. The number of piperazine rings is 1. The first-order valence-electron chi connectivity index (χ1n) is 9.73. The summed E-state index contributed by atoms with van der Waals surface area (Å²) in [6.07, 6.45) is 1.01. The van der Waals surface area contributed by atoms with E-state index in [9.17, 15) is 9.90 Å². The number of nitrogens with zero attached hydrogens (tertiary/aromatic N) is 2. The molecule has 27 heavy (non-hydrogen) atoms. The summed E-state index contributed by atoms with van der Waals surface area (Å²) in [5.41, 5.74) is 2.40. The van der Waals surface area contributed by atoms with Crippen LogP contribution in [0.1, 0.15) is 24.8 Å². The molecule has 0 aliphatic carbocycles. The highest BCUT2D eigenvalue weighted by Gasteiger charge is 2.19. The summed E-state index contributed by atoms with van der Waals surface area (Å²) in [5.74, 6) is 0.749. The van der Waals surface area contributed by atoms with E-state index in [4.69, 9.17) is 0 Å². The van der Waals surface area contributed by atoms with Crippen molar-refractivity contribution in [3.63, 3.8) is 0 Å². The van der Waals surface area contributed by atoms with E-state index in [-0.39, 0.29) is 11.7 Å². The van der Waals surface area contributed by atoms with Crippen LogP contribution in [0.3, 0.4) is 0 Å². The topological polar surface area (TPSA) is 55.8 Å². The second-order valence-corrected chi connectivity index (χ2v) is 7.10. The zero-order valence-electron chi connectivity index (χ0n) is 16.0. The third-order valence-corrected chi connectivity index (χ3v) is 5.26. The second-order valence-electron chi connectivity index (χ2n) is 7.10. The minimum Gasteiger partial charge on any atom is -0.508 e. The number of carbonyl (C=O) groups is 1. The van der Waals surface area contributed by atoms with Crippen LogP contribution in [0.25, 0.3) is 0 Å². The standard InChI is InChI=1S/C22H29N3O2/c1-2-18(19-6-4-3-5-7-19)16-23-22(27)17-24-12-14-25(15-13-24)20-8-10-21(26)11-9-20/h3-11,18,26H,2,12-17H2,1H3,(H,23,27)/t18-/m1/s1. The van der Waals surface area contributed by atoms with E-state index >= 15 is 0 Å². The van der Waals surface area contributed by atoms with Crippen LogP contribution in [0.15, 0.2) is 54.6 Å². The van der Waals surface area contributed by atoms with Gasteiger partial charge >= 0.3 is 0 Å². The van der Waals surface area contributed by atoms with Gasteiger partial charge in [-0.3, -0.25) is 9.69 Å². The zero-order valence-corrected chi connectivity index (χ0v) is 16.0. The predicted molar refractivity (Wildman–Crippen MR) is 109 cm³/mol. The van der Waals surface area contributed by atoms with E-state index in [0.717, 1.165) is 38.3 Å². The van der Waals surface area contributed by atoms with Gasteiger partial charge in [-0.25, -0.2) is 0 Å². The summed E-state index contributed by atoms with van der Waals surface area (Å²) in [4.78, 5) is 16.8. The quantitative estimate of drug-likeness (QED) is 0.790. The SMILES string of the molecule is CC[C@H](CNC(=O)CN1CCN(c2ccc(O)cc2)CC1)c1ccccc1. The molecule has 0 bridgehead atoms. The van der Waals surface area contributed by atoms with Gasteiger partial charge in [-0.2, -0.15) is 0 Å². The molecule has 5 heteroatoms. The molecule has 1 heterocycles. The maximum Gasteiger partial charge on any atom is 0.234 e. The highest BCUT2D eigenvalue weighted by molar-refractivity contribution is 5.78. The van der Waals surface area contributed by atoms with Crippen LogP contribution in [0.4, 0.5) is 5.69 Å². The van der Waals surface area contributed by atoms with Gasteiger partial charge in [0.2, 0.25) is 5.91 Å². The lowest BCUT2D eigenvalue weighted by atomic mass is 9.96. The first-order valence-corrected chi connectivity index (χ1v) is 9.73. The van der Waals surface area contributed by atoms with Crippen LogP contribution in [-0.2, 0) is 4.79 Å². The maximum atomic E-state index is 12.4. The molecule has 2 aromatic carbocycles. The van der Waals surface area contributed by atoms with Crippen molar-refractivity contribution in [1.82, 2.24) is 10.2 Å². The Bertz CT molecular complexity index is 710. The van der Waals surface area contributed by atoms with Crippen molar-refractivity contribution in [2.24, 2.45) is 0 Å². The van der Waals surface area contributed by atoms with Gasteiger partial charge in [-0.15, -0.1) is 0 Å². The average Bonchev–Trinajstić information content (AvgIpc) is 2.70. The lowest BCUT2D eigenvalue weighted by Crippen LogP contribution is -2.49. The summed E-state index contributed by atoms with van der Waals surface area (Å²) in [5, 5.41) is 12.5. The van der Waals surface area contributed by atoms with E-state index < -0.39 is 0 Å². The van der Waals surface area contributed by atoms with E-state index in [2.05, 4.69) is 34.2 Å². The molecule has 1 aliphatic heterocycles. The lowest BCUT2D eigenvalue weighted by Gasteiger charge is -2.35. The fourth-order valence-corrected chi connectivity index (χ4v) is 3.55. The molecule has 3 rings (SSSR count). The van der Waals surface area contributed by atoms with Crippen LogP contribution in [0, 0.1) is 0 Å². The Morgan fingerprint density at radius 2 is 1.70 bits per heavy atom. The zero-order chi connectivity index (χ0) is 19.1. The minimum atomic E-state index is 0.0995. The number of hydrogen-bond donors (Lipinski definition) is 2. The molecule has 2 aromatic rings. The number of anilines is 1. The van der Waals surface area contributed by atoms with E-state index in [1.165, 1.54) is 5.56 Å². The predicted octanol–water partition coefficient (Wildman–Crippen LogP) is 2.82. The second kappa shape index (κ2) is 9.42. The summed E-state index contributed by atoms with van der Waals surface area (Å²) in [7, 11) is 0. The van der Waals surface area contributed by atoms with Crippen molar-refractivity contribution in [3.05, 3.63) is 60.2 Å². The van der Waals surface area contributed by atoms with Gasteiger partial charge in [-0.05, 0) is 36.2 Å². The van der Waals surface area contributed by atoms with Crippen molar-refractivity contribution >= 4 is 11.6 Å². The number of benzene rings is 2. The van der Waals surface area contributed by atoms with Gasteiger partial charge in [0.25, 0.3) is 0 Å². The third-order valence-electron chi connectivity index (χ3n) is 5.26. The number of carbonyl (C=O) groups excluding carboxylic acids is 1. The van der Waals surface area contributed by atoms with Crippen LogP contribution in [0.2, 0.25) is 0 Å². The summed E-state index contributed by atoms with van der Waals surface area (Å²) in [6.45, 7) is 6.81. The van der Waals surface area contributed by atoms with Crippen LogP contribution < -0.4 is 10.2 Å². The largest absolute Gasteiger partial charge is 0.508 e. The van der Waals surface area contributed by atoms with Gasteiger partial charge in [0, 0.05) is 44.3 Å². The van der Waals surface area contributed by atoms with Crippen molar-refractivity contribution in [2.45, 2.75) is 19.3 Å². The fraction of sp³-hybridized carbons (Fsp3) is 0.409. The fourth-order valence-electron chi connectivity index (χ4n) is 3.55. The minimum absolute atomic E-state index is 0.0995. The molecule has 5 nitrogen and oxygen atoms in total. The van der Waals surface area contributed by atoms with E-state index in [1.807, 2.05) is 30.3 Å². The Labute approximate surface area is 161 Å². The van der Waals surface area contributed by atoms with Crippen LogP contribution >= 0.6 is 0 Å². The first kappa shape index (κ1) is 19.2. The highest BCUT2D eigenvalue weighted by Crippen LogP contribution is 2.20. The molecule has 1 atom stereocenters. The summed E-state index contributed by atoms with van der Waals surface area (Å²) in [6, 6.07) is 17.7. The van der Waals surface area contributed by atoms with Crippen molar-refractivity contribution in [1.29, 1.82) is 0 Å². The van der Waals surface area contributed by atoms with Crippen LogP contribution in [-0.4, -0.2) is 55.2 Å². The average molecular weight is 367 g/mol. The number of phenolic OH excluding ortho intramolecular Hbond substituents is 1. The molecule has 144 valence electrons. The maximum absolute atomic E-state index is 12.4. The Hall–Kier alpha value is -2.53. The normalized spacial score (nSPS) is 16.1. The molecule has 1 amide bonds. The van der Waals surface area contributed by atoms with Crippen LogP contribution in [0.5, 0.6) is 5.75 Å². The molecule has 0 saturated carbocycles. The molecule has 0 spiro atoms. The van der Waals surface area contributed by atoms with Gasteiger partial charge in [0.15, 0.2) is 0 Å². The monoisotopic (exact) mass is 367 g/mol. The summed E-state index contributed by atoms with van der Waals surface area (Å²) >= 11 is 0. The molecule has 1 fully saturated rings. The number of aromatic hydroxyl groups is 1. The first-order chi connectivity index (χ1) is 13.2. The Morgan fingerprint density at radius 3 is 2.33 bits per heavy atom. The molecule has 1 aliphatic rings. The molecule has 2 N–H and O–H groups in total. The third kappa shape index (κ3) is 5.47. The number of amides is 1. The Morgan fingerprint density at radius 1 is 1.04 bits per heavy atom. The molecule has 0 radical (unpaired) electrons. The molecular weight excluding hydrogens is 338 g/mol. The van der Waals surface area contributed by atoms with Gasteiger partial charge in [0.1, 0.15) is 5.75 Å². The van der Waals surface area contributed by atoms with Crippen molar-refractivity contribution < 1.29 is 9.90 Å². The number of rotatable bonds is 7. The molecular formula is C22H29N3O2. The van der Waals surface area contributed by atoms with Crippen molar-refractivity contribution in [3.8, 4) is 5.75 Å². The number of hydrogen-bond acceptors (Lipinski definition) is 4. The van der Waals surface area contributed by atoms with Gasteiger partial charge < -0.3 is 15.3 Å². The molecule has 0 aromatic heterocycles.